The van der Waals surface area contributed by atoms with Crippen molar-refractivity contribution in [2.45, 2.75) is 38.8 Å². The summed E-state index contributed by atoms with van der Waals surface area (Å²) in [6.07, 6.45) is 3.36. The van der Waals surface area contributed by atoms with Gasteiger partial charge in [-0.25, -0.2) is 9.37 Å². The summed E-state index contributed by atoms with van der Waals surface area (Å²) in [5.41, 5.74) is 2.02. The molecule has 106 valence electrons. The highest BCUT2D eigenvalue weighted by Gasteiger charge is 2.38. The van der Waals surface area contributed by atoms with E-state index in [0.717, 1.165) is 18.5 Å². The maximum Gasteiger partial charge on any atom is 0.256 e. The van der Waals surface area contributed by atoms with Crippen LogP contribution in [0.3, 0.4) is 0 Å². The van der Waals surface area contributed by atoms with Gasteiger partial charge in [0, 0.05) is 12.1 Å². The predicted octanol–water partition coefficient (Wildman–Crippen LogP) is 2.84. The predicted molar refractivity (Wildman–Crippen MR) is 72.1 cm³/mol. The fourth-order valence-corrected chi connectivity index (χ4v) is 2.32. The summed E-state index contributed by atoms with van der Waals surface area (Å²) in [7, 11) is 0. The second kappa shape index (κ2) is 5.23. The Morgan fingerprint density at radius 2 is 2.35 bits per heavy atom. The monoisotopic (exact) mass is 276 g/mol. The molecule has 1 aliphatic heterocycles. The normalized spacial score (nSPS) is 18.4. The first-order chi connectivity index (χ1) is 9.72. The molecule has 1 aromatic heterocycles. The van der Waals surface area contributed by atoms with Crippen LogP contribution in [0.5, 0.6) is 5.88 Å². The number of carbonyl (C=O) groups excluding carboxylic acids is 1. The fourth-order valence-electron chi connectivity index (χ4n) is 2.32. The van der Waals surface area contributed by atoms with Gasteiger partial charge >= 0.3 is 0 Å². The largest absolute Gasteiger partial charge is 0.473 e. The first-order valence-electron chi connectivity index (χ1n) is 6.94. The molecule has 0 aromatic carbocycles. The number of hydrogen-bond acceptors (Lipinski definition) is 3. The number of rotatable bonds is 5. The van der Waals surface area contributed by atoms with Gasteiger partial charge in [-0.3, -0.25) is 4.79 Å². The van der Waals surface area contributed by atoms with Crippen molar-refractivity contribution in [3.63, 3.8) is 0 Å². The molecule has 1 amide bonds. The molecule has 1 saturated carbocycles. The summed E-state index contributed by atoms with van der Waals surface area (Å²) in [6, 6.07) is 3.83. The summed E-state index contributed by atoms with van der Waals surface area (Å²) in [4.78, 5) is 18.4. The van der Waals surface area contributed by atoms with Crippen LogP contribution in [0.15, 0.2) is 24.0 Å². The van der Waals surface area contributed by atoms with Crippen LogP contribution in [0.2, 0.25) is 0 Å². The molecule has 0 spiro atoms. The van der Waals surface area contributed by atoms with E-state index in [0.29, 0.717) is 42.4 Å². The van der Waals surface area contributed by atoms with Crippen molar-refractivity contribution in [3.8, 4) is 5.88 Å². The van der Waals surface area contributed by atoms with Gasteiger partial charge in [0.15, 0.2) is 0 Å². The quantitative estimate of drug-likeness (QED) is 0.830. The van der Waals surface area contributed by atoms with E-state index < -0.39 is 0 Å². The number of fused-ring (bicyclic) bond motifs is 1. The third-order valence-corrected chi connectivity index (χ3v) is 3.76. The lowest BCUT2D eigenvalue weighted by Crippen LogP contribution is -2.25. The van der Waals surface area contributed by atoms with Crippen LogP contribution in [0, 0.1) is 0 Å². The number of halogens is 1. The molecule has 0 unspecified atom stereocenters. The van der Waals surface area contributed by atoms with Crippen molar-refractivity contribution in [3.05, 3.63) is 35.3 Å². The maximum atomic E-state index is 12.5. The second-order valence-corrected chi connectivity index (χ2v) is 5.22. The molecule has 5 heteroatoms. The van der Waals surface area contributed by atoms with Gasteiger partial charge in [-0.2, -0.15) is 0 Å². The van der Waals surface area contributed by atoms with Crippen molar-refractivity contribution < 1.29 is 13.9 Å². The molecule has 0 bridgehead atoms. The van der Waals surface area contributed by atoms with E-state index in [1.54, 1.807) is 12.1 Å². The first kappa shape index (κ1) is 13.1. The van der Waals surface area contributed by atoms with E-state index in [-0.39, 0.29) is 12.5 Å². The fraction of sp³-hybridized carbons (Fsp3) is 0.467. The average Bonchev–Trinajstić information content (AvgIpc) is 3.25. The molecule has 2 aliphatic rings. The van der Waals surface area contributed by atoms with E-state index in [1.807, 2.05) is 11.8 Å². The molecule has 1 aliphatic carbocycles. The minimum absolute atomic E-state index is 0.0689. The molecule has 20 heavy (non-hydrogen) atoms. The topological polar surface area (TPSA) is 42.4 Å². The zero-order valence-corrected chi connectivity index (χ0v) is 11.4. The Balaban J connectivity index is 1.71. The second-order valence-electron chi connectivity index (χ2n) is 5.22. The summed E-state index contributed by atoms with van der Waals surface area (Å²) in [5.74, 6) is 0.515. The van der Waals surface area contributed by atoms with Crippen LogP contribution in [-0.4, -0.2) is 28.4 Å². The highest BCUT2D eigenvalue weighted by atomic mass is 19.1. The lowest BCUT2D eigenvalue weighted by molar-refractivity contribution is 0.0766. The van der Waals surface area contributed by atoms with Gasteiger partial charge in [0.25, 0.3) is 5.91 Å². The molecule has 1 aromatic rings. The molecule has 0 N–H and O–H groups in total. The molecular formula is C15H17FN2O2. The van der Waals surface area contributed by atoms with Crippen molar-refractivity contribution in [1.82, 2.24) is 9.88 Å². The highest BCUT2D eigenvalue weighted by molar-refractivity contribution is 5.98. The molecular weight excluding hydrogens is 259 g/mol. The lowest BCUT2D eigenvalue weighted by Gasteiger charge is -2.12. The number of carbonyl (C=O) groups is 1. The molecule has 3 rings (SSSR count). The Morgan fingerprint density at radius 1 is 1.55 bits per heavy atom. The van der Waals surface area contributed by atoms with E-state index >= 15 is 0 Å². The highest BCUT2D eigenvalue weighted by Crippen LogP contribution is 2.34. The summed E-state index contributed by atoms with van der Waals surface area (Å²) < 4.78 is 17.9. The molecule has 2 heterocycles. The Morgan fingerprint density at radius 3 is 3.00 bits per heavy atom. The van der Waals surface area contributed by atoms with Crippen LogP contribution in [0.1, 0.15) is 42.2 Å². The summed E-state index contributed by atoms with van der Waals surface area (Å²) in [6.45, 7) is 2.63. The van der Waals surface area contributed by atoms with Gasteiger partial charge in [-0.15, -0.1) is 0 Å². The number of nitrogens with zero attached hydrogens (tertiary/aromatic N) is 2. The van der Waals surface area contributed by atoms with Crippen LogP contribution in [0.25, 0.3) is 0 Å². The van der Waals surface area contributed by atoms with Crippen LogP contribution < -0.4 is 4.74 Å². The molecule has 0 radical (unpaired) electrons. The van der Waals surface area contributed by atoms with E-state index in [4.69, 9.17) is 4.74 Å². The summed E-state index contributed by atoms with van der Waals surface area (Å²) in [5, 5.41) is 0. The molecule has 4 nitrogen and oxygen atoms in total. The maximum absolute atomic E-state index is 12.5. The first-order valence-corrected chi connectivity index (χ1v) is 6.94. The standard InChI is InChI=1S/C15H17FN2O2/c1-2-10(7-16)9-20-14-6-5-12-13(17-14)8-18(15(12)19)11-3-4-11/h5-7,11H,2-4,8-9H2,1H3/b10-7-. The Labute approximate surface area is 117 Å². The molecule has 0 atom stereocenters. The van der Waals surface area contributed by atoms with Crippen molar-refractivity contribution >= 4 is 5.91 Å². The van der Waals surface area contributed by atoms with Crippen LogP contribution in [-0.2, 0) is 6.54 Å². The number of amides is 1. The third-order valence-electron chi connectivity index (χ3n) is 3.76. The van der Waals surface area contributed by atoms with Crippen molar-refractivity contribution in [2.75, 3.05) is 6.61 Å². The van der Waals surface area contributed by atoms with E-state index in [2.05, 4.69) is 4.98 Å². The Bertz CT molecular complexity index is 567. The van der Waals surface area contributed by atoms with Gasteiger partial charge < -0.3 is 9.64 Å². The average molecular weight is 276 g/mol. The minimum Gasteiger partial charge on any atom is -0.473 e. The van der Waals surface area contributed by atoms with Gasteiger partial charge in [-0.1, -0.05) is 6.92 Å². The van der Waals surface area contributed by atoms with Crippen molar-refractivity contribution in [1.29, 1.82) is 0 Å². The van der Waals surface area contributed by atoms with E-state index in [9.17, 15) is 9.18 Å². The SMILES string of the molecule is CC/C(=C/F)COc1ccc2c(n1)CN(C1CC1)C2=O. The molecule has 0 saturated heterocycles. The summed E-state index contributed by atoms with van der Waals surface area (Å²) >= 11 is 0. The number of pyridine rings is 1. The number of aromatic nitrogens is 1. The van der Waals surface area contributed by atoms with Crippen LogP contribution in [0.4, 0.5) is 4.39 Å². The molecule has 1 fully saturated rings. The third kappa shape index (κ3) is 2.40. The van der Waals surface area contributed by atoms with Crippen molar-refractivity contribution in [2.24, 2.45) is 0 Å². The number of hydrogen-bond donors (Lipinski definition) is 0. The zero-order chi connectivity index (χ0) is 14.1. The minimum atomic E-state index is 0.0689. The Kier molecular flexibility index (Phi) is 3.42. The lowest BCUT2D eigenvalue weighted by atomic mass is 10.2. The van der Waals surface area contributed by atoms with Gasteiger partial charge in [0.2, 0.25) is 5.88 Å². The smallest absolute Gasteiger partial charge is 0.256 e. The van der Waals surface area contributed by atoms with Crippen LogP contribution >= 0.6 is 0 Å². The van der Waals surface area contributed by atoms with Gasteiger partial charge in [0.05, 0.1) is 24.1 Å². The number of ether oxygens (including phenoxy) is 1. The zero-order valence-electron chi connectivity index (χ0n) is 11.4. The van der Waals surface area contributed by atoms with Gasteiger partial charge in [-0.05, 0) is 30.9 Å². The Hall–Kier alpha value is -1.91. The van der Waals surface area contributed by atoms with E-state index in [1.165, 1.54) is 0 Å². The van der Waals surface area contributed by atoms with Gasteiger partial charge in [0.1, 0.15) is 6.61 Å².